The van der Waals surface area contributed by atoms with Gasteiger partial charge < -0.3 is 19.9 Å². The van der Waals surface area contributed by atoms with Crippen LogP contribution in [0.25, 0.3) is 22.8 Å². The molecule has 1 amide bonds. The van der Waals surface area contributed by atoms with E-state index < -0.39 is 5.82 Å². The van der Waals surface area contributed by atoms with Crippen molar-refractivity contribution in [3.63, 3.8) is 0 Å². The first-order chi connectivity index (χ1) is 16.1. The lowest BCUT2D eigenvalue weighted by Gasteiger charge is -2.34. The minimum absolute atomic E-state index is 0.128. The van der Waals surface area contributed by atoms with Crippen molar-refractivity contribution in [3.05, 3.63) is 54.3 Å². The molecule has 2 N–H and O–H groups in total. The highest BCUT2D eigenvalue weighted by Crippen LogP contribution is 2.26. The number of nitrogens with zero attached hydrogens (tertiary/aromatic N) is 4. The monoisotopic (exact) mass is 453 g/mol. The zero-order chi connectivity index (χ0) is 23.0. The fourth-order valence-electron chi connectivity index (χ4n) is 3.78. The Morgan fingerprint density at radius 1 is 1.12 bits per heavy atom. The molecule has 1 aliphatic heterocycles. The number of amides is 1. The molecule has 1 aromatic heterocycles. The number of carbonyl (C=O) groups excluding carboxylic acids is 1. The smallest absolute Gasteiger partial charge is 0.258 e. The van der Waals surface area contributed by atoms with Gasteiger partial charge in [-0.05, 0) is 30.7 Å². The Morgan fingerprint density at radius 3 is 2.64 bits per heavy atom. The molecule has 4 rings (SSSR count). The van der Waals surface area contributed by atoms with Crippen LogP contribution in [0.1, 0.15) is 12.8 Å². The van der Waals surface area contributed by atoms with Gasteiger partial charge in [0.05, 0.1) is 12.2 Å². The van der Waals surface area contributed by atoms with E-state index in [4.69, 9.17) is 15.0 Å². The van der Waals surface area contributed by atoms with E-state index in [0.717, 1.165) is 44.7 Å². The average molecular weight is 454 g/mol. The second kappa shape index (κ2) is 11.0. The molecule has 8 nitrogen and oxygen atoms in total. The zero-order valence-corrected chi connectivity index (χ0v) is 18.5. The largest absolute Gasteiger partial charge is 0.493 e. The topological polar surface area (TPSA) is 97.7 Å². The minimum Gasteiger partial charge on any atom is -0.493 e. The minimum atomic E-state index is -0.466. The second-order valence-electron chi connectivity index (χ2n) is 7.89. The predicted molar refractivity (Wildman–Crippen MR) is 122 cm³/mol. The molecule has 1 fully saturated rings. The van der Waals surface area contributed by atoms with Gasteiger partial charge >= 0.3 is 0 Å². The Balaban J connectivity index is 1.23. The highest BCUT2D eigenvalue weighted by molar-refractivity contribution is 5.76. The van der Waals surface area contributed by atoms with E-state index in [9.17, 15) is 9.18 Å². The van der Waals surface area contributed by atoms with E-state index in [-0.39, 0.29) is 17.3 Å². The Bertz CT molecular complexity index is 1050. The van der Waals surface area contributed by atoms with Gasteiger partial charge in [0.15, 0.2) is 0 Å². The fraction of sp³-hybridized carbons (Fsp3) is 0.375. The average Bonchev–Trinajstić information content (AvgIpc) is 3.33. The maximum Gasteiger partial charge on any atom is 0.258 e. The number of carbonyl (C=O) groups is 1. The Kier molecular flexibility index (Phi) is 7.64. The van der Waals surface area contributed by atoms with Gasteiger partial charge in [-0.25, -0.2) is 4.39 Å². The standard InChI is InChI=1S/C24H28FN5O3/c25-21-17-19(32-16-4-11-29-12-14-30(15-13-29)22(31)9-10-26)7-8-20(21)23-27-24(33-28-23)18-5-2-1-3-6-18/h1-3,5-8,17H,4,9-16,26H2. The first-order valence-corrected chi connectivity index (χ1v) is 11.2. The van der Waals surface area contributed by atoms with E-state index >= 15 is 0 Å². The molecule has 3 aromatic rings. The van der Waals surface area contributed by atoms with Gasteiger partial charge in [0.25, 0.3) is 5.89 Å². The summed E-state index contributed by atoms with van der Waals surface area (Å²) < 4.78 is 25.6. The van der Waals surface area contributed by atoms with Crippen molar-refractivity contribution in [1.29, 1.82) is 0 Å². The van der Waals surface area contributed by atoms with Crippen molar-refractivity contribution < 1.29 is 18.4 Å². The highest BCUT2D eigenvalue weighted by Gasteiger charge is 2.20. The molecule has 2 heterocycles. The summed E-state index contributed by atoms with van der Waals surface area (Å²) in [5.41, 5.74) is 6.49. The summed E-state index contributed by atoms with van der Waals surface area (Å²) in [4.78, 5) is 20.4. The number of piperazine rings is 1. The molecule has 0 bridgehead atoms. The van der Waals surface area contributed by atoms with Gasteiger partial charge in [0.2, 0.25) is 11.7 Å². The highest BCUT2D eigenvalue weighted by atomic mass is 19.1. The molecule has 174 valence electrons. The molecule has 0 saturated carbocycles. The van der Waals surface area contributed by atoms with Crippen molar-refractivity contribution in [1.82, 2.24) is 19.9 Å². The summed E-state index contributed by atoms with van der Waals surface area (Å²) in [6.07, 6.45) is 1.22. The number of benzene rings is 2. The molecule has 0 spiro atoms. The predicted octanol–water partition coefficient (Wildman–Crippen LogP) is 2.80. The van der Waals surface area contributed by atoms with E-state index in [2.05, 4.69) is 15.0 Å². The first kappa shape index (κ1) is 22.9. The van der Waals surface area contributed by atoms with Crippen LogP contribution >= 0.6 is 0 Å². The lowest BCUT2D eigenvalue weighted by molar-refractivity contribution is -0.132. The molecule has 1 saturated heterocycles. The number of hydrogen-bond donors (Lipinski definition) is 1. The molecular weight excluding hydrogens is 425 g/mol. The van der Waals surface area contributed by atoms with Gasteiger partial charge in [-0.15, -0.1) is 0 Å². The molecule has 33 heavy (non-hydrogen) atoms. The quantitative estimate of drug-likeness (QED) is 0.498. The lowest BCUT2D eigenvalue weighted by Crippen LogP contribution is -2.49. The molecular formula is C24H28FN5O3. The van der Waals surface area contributed by atoms with Gasteiger partial charge in [0.1, 0.15) is 11.6 Å². The van der Waals surface area contributed by atoms with E-state index in [0.29, 0.717) is 31.2 Å². The molecule has 9 heteroatoms. The number of aromatic nitrogens is 2. The third-order valence-corrected chi connectivity index (χ3v) is 5.60. The van der Waals surface area contributed by atoms with Crippen molar-refractivity contribution in [2.75, 3.05) is 45.9 Å². The van der Waals surface area contributed by atoms with Crippen molar-refractivity contribution >= 4 is 5.91 Å². The molecule has 2 aromatic carbocycles. The van der Waals surface area contributed by atoms with E-state index in [1.165, 1.54) is 6.07 Å². The van der Waals surface area contributed by atoms with Crippen LogP contribution in [0.5, 0.6) is 5.75 Å². The van der Waals surface area contributed by atoms with Crippen LogP contribution in [0.15, 0.2) is 53.1 Å². The fourth-order valence-corrected chi connectivity index (χ4v) is 3.78. The van der Waals surface area contributed by atoms with Crippen molar-refractivity contribution in [3.8, 4) is 28.6 Å². The SMILES string of the molecule is NCCC(=O)N1CCN(CCCOc2ccc(-c3noc(-c4ccccc4)n3)c(F)c2)CC1. The van der Waals surface area contributed by atoms with Gasteiger partial charge in [0, 0.05) is 57.3 Å². The van der Waals surface area contributed by atoms with Crippen LogP contribution in [0.4, 0.5) is 4.39 Å². The maximum absolute atomic E-state index is 14.7. The zero-order valence-electron chi connectivity index (χ0n) is 18.5. The summed E-state index contributed by atoms with van der Waals surface area (Å²) in [7, 11) is 0. The van der Waals surface area contributed by atoms with Gasteiger partial charge in [-0.3, -0.25) is 9.69 Å². The third kappa shape index (κ3) is 5.94. The molecule has 0 atom stereocenters. The third-order valence-electron chi connectivity index (χ3n) is 5.60. The molecule has 0 aliphatic carbocycles. The summed E-state index contributed by atoms with van der Waals surface area (Å²) in [5, 5.41) is 3.90. The number of hydrogen-bond acceptors (Lipinski definition) is 7. The van der Waals surface area contributed by atoms with Crippen molar-refractivity contribution in [2.45, 2.75) is 12.8 Å². The Hall–Kier alpha value is -3.30. The maximum atomic E-state index is 14.7. The molecule has 0 unspecified atom stereocenters. The number of ether oxygens (including phenoxy) is 1. The first-order valence-electron chi connectivity index (χ1n) is 11.2. The van der Waals surface area contributed by atoms with Crippen molar-refractivity contribution in [2.24, 2.45) is 5.73 Å². The number of nitrogens with two attached hydrogens (primary N) is 1. The molecule has 0 radical (unpaired) electrons. The van der Waals surface area contributed by atoms with Crippen LogP contribution in [-0.4, -0.2) is 71.7 Å². The van der Waals surface area contributed by atoms with Gasteiger partial charge in [-0.2, -0.15) is 4.98 Å². The van der Waals surface area contributed by atoms with Crippen LogP contribution in [0.2, 0.25) is 0 Å². The Labute approximate surface area is 192 Å². The van der Waals surface area contributed by atoms with Crippen LogP contribution in [0, 0.1) is 5.82 Å². The van der Waals surface area contributed by atoms with E-state index in [1.54, 1.807) is 12.1 Å². The summed E-state index contributed by atoms with van der Waals surface area (Å²) in [6, 6.07) is 14.0. The normalized spacial score (nSPS) is 14.4. The van der Waals surface area contributed by atoms with Crippen LogP contribution in [0.3, 0.4) is 0 Å². The van der Waals surface area contributed by atoms with Crippen LogP contribution in [-0.2, 0) is 4.79 Å². The Morgan fingerprint density at radius 2 is 1.91 bits per heavy atom. The number of rotatable bonds is 9. The summed E-state index contributed by atoms with van der Waals surface area (Å²) >= 11 is 0. The number of halogens is 1. The summed E-state index contributed by atoms with van der Waals surface area (Å²) in [6.45, 7) is 4.88. The lowest BCUT2D eigenvalue weighted by atomic mass is 10.2. The van der Waals surface area contributed by atoms with Crippen LogP contribution < -0.4 is 10.5 Å². The van der Waals surface area contributed by atoms with E-state index in [1.807, 2.05) is 35.2 Å². The molecule has 1 aliphatic rings. The summed E-state index contributed by atoms with van der Waals surface area (Å²) in [5.74, 6) is 0.659. The van der Waals surface area contributed by atoms with Gasteiger partial charge in [-0.1, -0.05) is 23.4 Å². The second-order valence-corrected chi connectivity index (χ2v) is 7.89.